The molecule has 0 saturated heterocycles. The van der Waals surface area contributed by atoms with Crippen molar-refractivity contribution < 1.29 is 4.74 Å². The average Bonchev–Trinajstić information content (AvgIpc) is 2.34. The van der Waals surface area contributed by atoms with Crippen LogP contribution in [0.25, 0.3) is 0 Å². The lowest BCUT2D eigenvalue weighted by Crippen LogP contribution is -1.97. The first-order chi connectivity index (χ1) is 8.97. The van der Waals surface area contributed by atoms with E-state index < -0.39 is 0 Å². The van der Waals surface area contributed by atoms with Gasteiger partial charge in [0, 0.05) is 11.6 Å². The predicted octanol–water partition coefficient (Wildman–Crippen LogP) is 4.28. The number of hydrogen-bond donors (Lipinski definition) is 1. The van der Waals surface area contributed by atoms with E-state index >= 15 is 0 Å². The monoisotopic (exact) mass is 297 g/mol. The molecule has 100 valence electrons. The summed E-state index contributed by atoms with van der Waals surface area (Å²) in [6.07, 6.45) is 3.18. The van der Waals surface area contributed by atoms with Crippen molar-refractivity contribution in [2.45, 2.75) is 19.8 Å². The molecule has 0 radical (unpaired) electrons. The van der Waals surface area contributed by atoms with Crippen LogP contribution >= 0.6 is 23.2 Å². The van der Waals surface area contributed by atoms with E-state index in [0.717, 1.165) is 5.82 Å². The summed E-state index contributed by atoms with van der Waals surface area (Å²) in [5.41, 5.74) is 6.11. The van der Waals surface area contributed by atoms with E-state index in [1.165, 1.54) is 0 Å². The van der Waals surface area contributed by atoms with Crippen molar-refractivity contribution in [1.82, 2.24) is 9.97 Å². The number of aromatic nitrogens is 2. The van der Waals surface area contributed by atoms with E-state index in [-0.39, 0.29) is 5.92 Å². The molecule has 0 amide bonds. The van der Waals surface area contributed by atoms with Crippen LogP contribution in [-0.4, -0.2) is 9.97 Å². The lowest BCUT2D eigenvalue weighted by atomic mass is 10.2. The van der Waals surface area contributed by atoms with E-state index in [0.29, 0.717) is 27.2 Å². The molecule has 0 unspecified atom stereocenters. The summed E-state index contributed by atoms with van der Waals surface area (Å²) in [5.74, 6) is 1.83. The van der Waals surface area contributed by atoms with E-state index in [4.69, 9.17) is 33.7 Å². The Kier molecular flexibility index (Phi) is 4.12. The molecule has 2 N–H and O–H groups in total. The van der Waals surface area contributed by atoms with Crippen LogP contribution in [0, 0.1) is 0 Å². The number of halogens is 2. The number of rotatable bonds is 3. The van der Waals surface area contributed by atoms with Gasteiger partial charge in [-0.15, -0.1) is 0 Å². The molecule has 0 aliphatic rings. The molecule has 0 aliphatic heterocycles. The summed E-state index contributed by atoms with van der Waals surface area (Å²) < 4.78 is 5.59. The molecule has 0 saturated carbocycles. The largest absolute Gasteiger partial charge is 0.451 e. The summed E-state index contributed by atoms with van der Waals surface area (Å²) in [4.78, 5) is 8.41. The van der Waals surface area contributed by atoms with Gasteiger partial charge in [-0.3, -0.25) is 0 Å². The summed E-state index contributed by atoms with van der Waals surface area (Å²) in [5, 5.41) is 0.691. The highest BCUT2D eigenvalue weighted by atomic mass is 35.5. The standard InChI is InChI=1S/C13H13Cl2N3O/c1-7(2)13-17-5-9(6-18-13)19-12-10(14)3-8(16)4-11(12)15/h3-7H,16H2,1-2H3. The zero-order chi connectivity index (χ0) is 14.0. The minimum absolute atomic E-state index is 0.262. The first-order valence-electron chi connectivity index (χ1n) is 5.71. The highest BCUT2D eigenvalue weighted by Crippen LogP contribution is 2.37. The fourth-order valence-electron chi connectivity index (χ4n) is 1.47. The highest BCUT2D eigenvalue weighted by molar-refractivity contribution is 6.37. The lowest BCUT2D eigenvalue weighted by molar-refractivity contribution is 0.476. The Morgan fingerprint density at radius 3 is 2.11 bits per heavy atom. The molecule has 6 heteroatoms. The molecule has 0 spiro atoms. The van der Waals surface area contributed by atoms with Crippen molar-refractivity contribution in [2.75, 3.05) is 5.73 Å². The number of nitrogens with two attached hydrogens (primary N) is 1. The predicted molar refractivity (Wildman–Crippen MR) is 77.1 cm³/mol. The Balaban J connectivity index is 2.26. The molecule has 2 rings (SSSR count). The first-order valence-corrected chi connectivity index (χ1v) is 6.47. The molecule has 1 aromatic heterocycles. The molecular formula is C13H13Cl2N3O. The van der Waals surface area contributed by atoms with Crippen LogP contribution in [0.4, 0.5) is 5.69 Å². The Morgan fingerprint density at radius 2 is 1.63 bits per heavy atom. The van der Waals surface area contributed by atoms with Crippen LogP contribution in [0.3, 0.4) is 0 Å². The van der Waals surface area contributed by atoms with Gasteiger partial charge in [0.1, 0.15) is 5.82 Å². The second-order valence-electron chi connectivity index (χ2n) is 4.35. The number of nitrogen functional groups attached to an aromatic ring is 1. The molecule has 19 heavy (non-hydrogen) atoms. The van der Waals surface area contributed by atoms with Gasteiger partial charge in [0.25, 0.3) is 0 Å². The van der Waals surface area contributed by atoms with Crippen LogP contribution < -0.4 is 10.5 Å². The quantitative estimate of drug-likeness (QED) is 0.859. The van der Waals surface area contributed by atoms with Gasteiger partial charge in [-0.2, -0.15) is 0 Å². The maximum absolute atomic E-state index is 6.04. The van der Waals surface area contributed by atoms with Gasteiger partial charge in [0.15, 0.2) is 11.5 Å². The van der Waals surface area contributed by atoms with E-state index in [9.17, 15) is 0 Å². The third-order valence-corrected chi connectivity index (χ3v) is 2.97. The van der Waals surface area contributed by atoms with Gasteiger partial charge in [-0.05, 0) is 12.1 Å². The van der Waals surface area contributed by atoms with Crippen molar-refractivity contribution in [3.63, 3.8) is 0 Å². The second-order valence-corrected chi connectivity index (χ2v) is 5.16. The van der Waals surface area contributed by atoms with Crippen molar-refractivity contribution >= 4 is 28.9 Å². The van der Waals surface area contributed by atoms with Crippen LogP contribution in [0.15, 0.2) is 24.5 Å². The minimum Gasteiger partial charge on any atom is -0.451 e. The number of anilines is 1. The van der Waals surface area contributed by atoms with Gasteiger partial charge < -0.3 is 10.5 Å². The molecule has 0 aliphatic carbocycles. The third-order valence-electron chi connectivity index (χ3n) is 2.41. The van der Waals surface area contributed by atoms with Gasteiger partial charge in [0.2, 0.25) is 0 Å². The molecule has 1 heterocycles. The van der Waals surface area contributed by atoms with Crippen molar-refractivity contribution in [3.05, 3.63) is 40.4 Å². The Morgan fingerprint density at radius 1 is 1.11 bits per heavy atom. The Labute approximate surface area is 121 Å². The van der Waals surface area contributed by atoms with Gasteiger partial charge >= 0.3 is 0 Å². The normalized spacial score (nSPS) is 10.8. The Bertz CT molecular complexity index is 562. The van der Waals surface area contributed by atoms with E-state index in [2.05, 4.69) is 9.97 Å². The zero-order valence-electron chi connectivity index (χ0n) is 10.5. The molecule has 0 fully saturated rings. The summed E-state index contributed by atoms with van der Waals surface area (Å²) in [7, 11) is 0. The van der Waals surface area contributed by atoms with Crippen LogP contribution in [-0.2, 0) is 0 Å². The molecule has 2 aromatic rings. The fourth-order valence-corrected chi connectivity index (χ4v) is 2.05. The number of nitrogens with zero attached hydrogens (tertiary/aromatic N) is 2. The van der Waals surface area contributed by atoms with Crippen molar-refractivity contribution in [1.29, 1.82) is 0 Å². The van der Waals surface area contributed by atoms with Crippen molar-refractivity contribution in [3.8, 4) is 11.5 Å². The van der Waals surface area contributed by atoms with E-state index in [1.54, 1.807) is 24.5 Å². The number of benzene rings is 1. The highest BCUT2D eigenvalue weighted by Gasteiger charge is 2.11. The molecule has 4 nitrogen and oxygen atoms in total. The third kappa shape index (κ3) is 3.28. The number of hydrogen-bond acceptors (Lipinski definition) is 4. The SMILES string of the molecule is CC(C)c1ncc(Oc2c(Cl)cc(N)cc2Cl)cn1. The lowest BCUT2D eigenvalue weighted by Gasteiger charge is -2.10. The van der Waals surface area contributed by atoms with Gasteiger partial charge in [0.05, 0.1) is 22.4 Å². The zero-order valence-corrected chi connectivity index (χ0v) is 12.0. The average molecular weight is 298 g/mol. The topological polar surface area (TPSA) is 61.0 Å². The summed E-state index contributed by atoms with van der Waals surface area (Å²) in [6, 6.07) is 3.15. The molecule has 1 aromatic carbocycles. The van der Waals surface area contributed by atoms with Gasteiger partial charge in [-0.25, -0.2) is 9.97 Å². The maximum Gasteiger partial charge on any atom is 0.164 e. The van der Waals surface area contributed by atoms with Crippen molar-refractivity contribution in [2.24, 2.45) is 0 Å². The molecule has 0 bridgehead atoms. The first kappa shape index (κ1) is 13.9. The van der Waals surface area contributed by atoms with Crippen LogP contribution in [0.1, 0.15) is 25.6 Å². The summed E-state index contributed by atoms with van der Waals surface area (Å²) >= 11 is 12.1. The number of ether oxygens (including phenoxy) is 1. The molecule has 0 atom stereocenters. The fraction of sp³-hybridized carbons (Fsp3) is 0.231. The van der Waals surface area contributed by atoms with Crippen LogP contribution in [0.5, 0.6) is 11.5 Å². The smallest absolute Gasteiger partial charge is 0.164 e. The Hall–Kier alpha value is -1.52. The molecular weight excluding hydrogens is 285 g/mol. The minimum atomic E-state index is 0.262. The van der Waals surface area contributed by atoms with Crippen LogP contribution in [0.2, 0.25) is 10.0 Å². The van der Waals surface area contributed by atoms with Gasteiger partial charge in [-0.1, -0.05) is 37.0 Å². The summed E-state index contributed by atoms with van der Waals surface area (Å²) in [6.45, 7) is 4.03. The second kappa shape index (κ2) is 5.63. The van der Waals surface area contributed by atoms with E-state index in [1.807, 2.05) is 13.8 Å². The maximum atomic E-state index is 6.04.